The summed E-state index contributed by atoms with van der Waals surface area (Å²) < 4.78 is 38.2. The molecule has 0 radical (unpaired) electrons. The molecular weight excluding hydrogens is 393 g/mol. The molecule has 0 aromatic heterocycles. The Kier molecular flexibility index (Phi) is 6.80. The average molecular weight is 418 g/mol. The Morgan fingerprint density at radius 1 is 0.967 bits per heavy atom. The maximum Gasteiger partial charge on any atom is 0.416 e. The molecule has 0 saturated carbocycles. The van der Waals surface area contributed by atoms with Crippen molar-refractivity contribution in [3.05, 3.63) is 71.3 Å². The van der Waals surface area contributed by atoms with E-state index in [9.17, 15) is 22.8 Å². The topological polar surface area (TPSA) is 49.4 Å². The zero-order valence-electron chi connectivity index (χ0n) is 16.8. The molecule has 2 amide bonds. The molecule has 1 saturated heterocycles. The second-order valence-electron chi connectivity index (χ2n) is 7.67. The van der Waals surface area contributed by atoms with Crippen LogP contribution in [-0.2, 0) is 15.8 Å². The van der Waals surface area contributed by atoms with Crippen LogP contribution in [0.3, 0.4) is 0 Å². The minimum Gasteiger partial charge on any atom is -0.341 e. The van der Waals surface area contributed by atoms with Crippen molar-refractivity contribution in [3.8, 4) is 0 Å². The van der Waals surface area contributed by atoms with Gasteiger partial charge in [0.1, 0.15) is 6.04 Å². The maximum atomic E-state index is 13.0. The van der Waals surface area contributed by atoms with Crippen LogP contribution < -0.4 is 5.32 Å². The van der Waals surface area contributed by atoms with Gasteiger partial charge in [0, 0.05) is 19.5 Å². The number of nitrogens with one attached hydrogen (secondary N) is 1. The Bertz CT molecular complexity index is 860. The van der Waals surface area contributed by atoms with Crippen LogP contribution in [0.25, 0.3) is 0 Å². The molecule has 1 aliphatic heterocycles. The van der Waals surface area contributed by atoms with E-state index in [1.54, 1.807) is 24.0 Å². The van der Waals surface area contributed by atoms with Crippen LogP contribution in [0, 0.1) is 0 Å². The van der Waals surface area contributed by atoms with Crippen molar-refractivity contribution in [2.75, 3.05) is 13.1 Å². The molecule has 0 aliphatic carbocycles. The molecule has 30 heavy (non-hydrogen) atoms. The van der Waals surface area contributed by atoms with Crippen LogP contribution in [0.1, 0.15) is 54.8 Å². The number of likely N-dealkylation sites (tertiary alicyclic amines) is 1. The first-order valence-corrected chi connectivity index (χ1v) is 10.1. The molecule has 1 N–H and O–H groups in total. The molecule has 0 spiro atoms. The van der Waals surface area contributed by atoms with Gasteiger partial charge in [0.15, 0.2) is 0 Å². The summed E-state index contributed by atoms with van der Waals surface area (Å²) in [6, 6.07) is 13.1. The van der Waals surface area contributed by atoms with Crippen molar-refractivity contribution in [2.24, 2.45) is 0 Å². The number of benzene rings is 2. The molecule has 2 unspecified atom stereocenters. The van der Waals surface area contributed by atoms with Crippen molar-refractivity contribution in [2.45, 2.75) is 44.3 Å². The summed E-state index contributed by atoms with van der Waals surface area (Å²) in [5.41, 5.74) is 0.633. The minimum atomic E-state index is -4.39. The highest BCUT2D eigenvalue weighted by Crippen LogP contribution is 2.30. The van der Waals surface area contributed by atoms with Gasteiger partial charge >= 0.3 is 6.18 Å². The molecule has 1 fully saturated rings. The predicted molar refractivity (Wildman–Crippen MR) is 108 cm³/mol. The van der Waals surface area contributed by atoms with E-state index in [0.29, 0.717) is 24.2 Å². The number of hydrogen-bond donors (Lipinski definition) is 1. The lowest BCUT2D eigenvalue weighted by Gasteiger charge is -2.25. The fourth-order valence-corrected chi connectivity index (χ4v) is 3.67. The van der Waals surface area contributed by atoms with Crippen molar-refractivity contribution >= 4 is 11.8 Å². The average Bonchev–Trinajstić information content (AvgIpc) is 3.26. The van der Waals surface area contributed by atoms with E-state index >= 15 is 0 Å². The third-order valence-corrected chi connectivity index (χ3v) is 5.40. The van der Waals surface area contributed by atoms with E-state index in [-0.39, 0.29) is 24.2 Å². The Hall–Kier alpha value is -2.83. The summed E-state index contributed by atoms with van der Waals surface area (Å²) in [4.78, 5) is 27.4. The van der Waals surface area contributed by atoms with Gasteiger partial charge in [0.2, 0.25) is 11.8 Å². The highest BCUT2D eigenvalue weighted by Gasteiger charge is 2.31. The van der Waals surface area contributed by atoms with Crippen molar-refractivity contribution in [1.82, 2.24) is 10.2 Å². The molecule has 7 heteroatoms. The zero-order chi connectivity index (χ0) is 21.7. The van der Waals surface area contributed by atoms with Gasteiger partial charge in [-0.05, 0) is 42.0 Å². The van der Waals surface area contributed by atoms with Crippen LogP contribution >= 0.6 is 0 Å². The van der Waals surface area contributed by atoms with Crippen LogP contribution in [0.15, 0.2) is 54.6 Å². The summed E-state index contributed by atoms with van der Waals surface area (Å²) in [7, 11) is 0. The second kappa shape index (κ2) is 9.32. The van der Waals surface area contributed by atoms with E-state index in [0.717, 1.165) is 25.0 Å². The number of carbonyl (C=O) groups excluding carboxylic acids is 2. The summed E-state index contributed by atoms with van der Waals surface area (Å²) in [5.74, 6) is -0.733. The van der Waals surface area contributed by atoms with Gasteiger partial charge in [-0.3, -0.25) is 9.59 Å². The first-order chi connectivity index (χ1) is 14.3. The number of carbonyl (C=O) groups is 2. The van der Waals surface area contributed by atoms with Gasteiger partial charge in [-0.25, -0.2) is 0 Å². The molecular formula is C23H25F3N2O2. The molecule has 1 heterocycles. The minimum absolute atomic E-state index is 0.0714. The molecule has 1 aliphatic rings. The lowest BCUT2D eigenvalue weighted by Crippen LogP contribution is -2.42. The number of alkyl halides is 3. The zero-order valence-corrected chi connectivity index (χ0v) is 16.8. The molecule has 2 atom stereocenters. The number of hydrogen-bond acceptors (Lipinski definition) is 2. The maximum absolute atomic E-state index is 13.0. The molecule has 2 aromatic rings. The van der Waals surface area contributed by atoms with Crippen LogP contribution in [-0.4, -0.2) is 29.8 Å². The summed E-state index contributed by atoms with van der Waals surface area (Å²) in [6.45, 7) is 3.14. The van der Waals surface area contributed by atoms with Crippen molar-refractivity contribution < 1.29 is 22.8 Å². The monoisotopic (exact) mass is 418 g/mol. The normalized spacial score (nSPS) is 16.2. The third-order valence-electron chi connectivity index (χ3n) is 5.40. The van der Waals surface area contributed by atoms with E-state index in [4.69, 9.17) is 0 Å². The van der Waals surface area contributed by atoms with Gasteiger partial charge in [-0.2, -0.15) is 13.2 Å². The Morgan fingerprint density at radius 3 is 2.13 bits per heavy atom. The van der Waals surface area contributed by atoms with Crippen molar-refractivity contribution in [1.29, 1.82) is 0 Å². The van der Waals surface area contributed by atoms with Gasteiger partial charge < -0.3 is 10.2 Å². The van der Waals surface area contributed by atoms with Crippen molar-refractivity contribution in [3.63, 3.8) is 0 Å². The number of halogens is 3. The molecule has 160 valence electrons. The lowest BCUT2D eigenvalue weighted by molar-refractivity contribution is -0.137. The number of nitrogens with zero attached hydrogens (tertiary/aromatic N) is 1. The van der Waals surface area contributed by atoms with E-state index < -0.39 is 17.8 Å². The fourth-order valence-electron chi connectivity index (χ4n) is 3.67. The fraction of sp³-hybridized carbons (Fsp3) is 0.391. The third kappa shape index (κ3) is 5.40. The van der Waals surface area contributed by atoms with Gasteiger partial charge in [0.25, 0.3) is 0 Å². The van der Waals surface area contributed by atoms with Crippen LogP contribution in [0.2, 0.25) is 0 Å². The molecule has 0 bridgehead atoms. The Balaban J connectivity index is 1.68. The highest BCUT2D eigenvalue weighted by molar-refractivity contribution is 5.89. The van der Waals surface area contributed by atoms with Gasteiger partial charge in [0.05, 0.1) is 5.56 Å². The van der Waals surface area contributed by atoms with Crippen LogP contribution in [0.5, 0.6) is 0 Å². The second-order valence-corrected chi connectivity index (χ2v) is 7.67. The largest absolute Gasteiger partial charge is 0.416 e. The standard InChI is InChI=1S/C23H25F3N2O2/c1-16(17-9-11-19(12-10-17)23(24,25)26)15-20(29)27-21(18-7-3-2-4-8-18)22(30)28-13-5-6-14-28/h2-4,7-12,16,21H,5-6,13-15H2,1H3,(H,27,29). The van der Waals surface area contributed by atoms with E-state index in [2.05, 4.69) is 5.32 Å². The Morgan fingerprint density at radius 2 is 1.57 bits per heavy atom. The smallest absolute Gasteiger partial charge is 0.341 e. The lowest BCUT2D eigenvalue weighted by atomic mass is 9.96. The molecule has 2 aromatic carbocycles. The van der Waals surface area contributed by atoms with Gasteiger partial charge in [-0.1, -0.05) is 49.4 Å². The van der Waals surface area contributed by atoms with Crippen LogP contribution in [0.4, 0.5) is 13.2 Å². The SMILES string of the molecule is CC(CC(=O)NC(C(=O)N1CCCC1)c1ccccc1)c1ccc(C(F)(F)F)cc1. The van der Waals surface area contributed by atoms with E-state index in [1.807, 2.05) is 18.2 Å². The predicted octanol–water partition coefficient (Wildman–Crippen LogP) is 4.68. The van der Waals surface area contributed by atoms with E-state index in [1.165, 1.54) is 12.1 Å². The Labute approximate surface area is 174 Å². The quantitative estimate of drug-likeness (QED) is 0.741. The molecule has 4 nitrogen and oxygen atoms in total. The first-order valence-electron chi connectivity index (χ1n) is 10.1. The molecule has 3 rings (SSSR count). The highest BCUT2D eigenvalue weighted by atomic mass is 19.4. The number of rotatable bonds is 6. The summed E-state index contributed by atoms with van der Waals surface area (Å²) in [6.07, 6.45) is -2.42. The summed E-state index contributed by atoms with van der Waals surface area (Å²) >= 11 is 0. The summed E-state index contributed by atoms with van der Waals surface area (Å²) in [5, 5.41) is 2.84. The first kappa shape index (κ1) is 21.9. The van der Waals surface area contributed by atoms with Gasteiger partial charge in [-0.15, -0.1) is 0 Å². The number of amides is 2.